The van der Waals surface area contributed by atoms with Gasteiger partial charge >= 0.3 is 12.3 Å². The van der Waals surface area contributed by atoms with Gasteiger partial charge in [0.1, 0.15) is 5.56 Å². The van der Waals surface area contributed by atoms with Gasteiger partial charge in [0.15, 0.2) is 0 Å². The number of halogens is 3. The highest BCUT2D eigenvalue weighted by Crippen LogP contribution is 2.41. The molecule has 0 spiro atoms. The molecule has 0 aliphatic carbocycles. The van der Waals surface area contributed by atoms with Crippen LogP contribution in [0.2, 0.25) is 0 Å². The van der Waals surface area contributed by atoms with Gasteiger partial charge in [-0.25, -0.2) is 9.89 Å². The number of hydrogen-bond acceptors (Lipinski definition) is 4. The highest BCUT2D eigenvalue weighted by atomic mass is 19.4. The van der Waals surface area contributed by atoms with Gasteiger partial charge in [-0.05, 0) is 11.1 Å². The minimum absolute atomic E-state index is 0.107. The van der Waals surface area contributed by atoms with E-state index in [1.807, 2.05) is 0 Å². The summed E-state index contributed by atoms with van der Waals surface area (Å²) in [5.41, 5.74) is -1.62. The molecule has 3 N–H and O–H groups in total. The van der Waals surface area contributed by atoms with E-state index in [0.29, 0.717) is 5.56 Å². The first-order chi connectivity index (χ1) is 11.8. The van der Waals surface area contributed by atoms with Crippen molar-refractivity contribution in [3.63, 3.8) is 0 Å². The maximum Gasteiger partial charge on any atom is 0.423 e. The summed E-state index contributed by atoms with van der Waals surface area (Å²) in [5.74, 6) is 0. The summed E-state index contributed by atoms with van der Waals surface area (Å²) in [4.78, 5) is 23.9. The van der Waals surface area contributed by atoms with Gasteiger partial charge < -0.3 is 15.3 Å². The van der Waals surface area contributed by atoms with E-state index in [0.717, 1.165) is 11.8 Å². The molecule has 10 heteroatoms. The quantitative estimate of drug-likeness (QED) is 0.784. The molecule has 0 bridgehead atoms. The molecule has 2 aromatic rings. The molecule has 1 aromatic carbocycles. The SMILES string of the molecule is O=C(O)NCC1c2ccccc2CN1c1cn[nH]c(=O)c1C(F)(F)F. The number of carboxylic acid groups (broad SMARTS) is 1. The molecule has 1 aromatic heterocycles. The van der Waals surface area contributed by atoms with Gasteiger partial charge in [-0.15, -0.1) is 0 Å². The number of nitrogens with one attached hydrogen (secondary N) is 2. The van der Waals surface area contributed by atoms with Crippen LogP contribution >= 0.6 is 0 Å². The Labute approximate surface area is 139 Å². The Morgan fingerprint density at radius 3 is 2.80 bits per heavy atom. The number of benzene rings is 1. The first-order valence-electron chi connectivity index (χ1n) is 7.25. The molecular weight excluding hydrogens is 341 g/mol. The Balaban J connectivity index is 2.09. The van der Waals surface area contributed by atoms with Gasteiger partial charge in [0.2, 0.25) is 0 Å². The summed E-state index contributed by atoms with van der Waals surface area (Å²) in [6, 6.07) is 6.24. The highest BCUT2D eigenvalue weighted by Gasteiger charge is 2.41. The average molecular weight is 354 g/mol. The number of aromatic amines is 1. The summed E-state index contributed by atoms with van der Waals surface area (Å²) in [6.07, 6.45) is -5.22. The van der Waals surface area contributed by atoms with Gasteiger partial charge in [-0.1, -0.05) is 24.3 Å². The molecule has 1 aliphatic heterocycles. The van der Waals surface area contributed by atoms with Crippen molar-refractivity contribution >= 4 is 11.8 Å². The lowest BCUT2D eigenvalue weighted by Gasteiger charge is -2.28. The van der Waals surface area contributed by atoms with Gasteiger partial charge in [0.05, 0.1) is 17.9 Å². The van der Waals surface area contributed by atoms with Crippen molar-refractivity contribution in [3.8, 4) is 0 Å². The number of alkyl halides is 3. The molecule has 0 fully saturated rings. The number of carbonyl (C=O) groups is 1. The Hall–Kier alpha value is -3.04. The van der Waals surface area contributed by atoms with Gasteiger partial charge in [0, 0.05) is 13.1 Å². The van der Waals surface area contributed by atoms with Crippen LogP contribution < -0.4 is 15.8 Å². The molecule has 25 heavy (non-hydrogen) atoms. The normalized spacial score (nSPS) is 16.6. The molecule has 132 valence electrons. The van der Waals surface area contributed by atoms with Crippen molar-refractivity contribution in [3.05, 3.63) is 57.5 Å². The predicted molar refractivity (Wildman–Crippen MR) is 81.3 cm³/mol. The van der Waals surface area contributed by atoms with Gasteiger partial charge in [-0.3, -0.25) is 4.79 Å². The van der Waals surface area contributed by atoms with E-state index >= 15 is 0 Å². The number of rotatable bonds is 3. The minimum Gasteiger partial charge on any atom is -0.465 e. The Morgan fingerprint density at radius 2 is 2.12 bits per heavy atom. The monoisotopic (exact) mass is 354 g/mol. The van der Waals surface area contributed by atoms with Crippen LogP contribution in [0.15, 0.2) is 35.3 Å². The minimum atomic E-state index is -4.87. The first-order valence-corrected chi connectivity index (χ1v) is 7.25. The Kier molecular flexibility index (Phi) is 4.11. The van der Waals surface area contributed by atoms with E-state index in [-0.39, 0.29) is 18.8 Å². The standard InChI is InChI=1S/C15H13F3N4O3/c16-15(17,18)12-11(6-20-21-13(12)23)22-7-8-3-1-2-4-9(8)10(22)5-19-14(24)25/h1-4,6,10,19H,5,7H2,(H,21,23)(H,24,25). The molecule has 1 unspecified atom stereocenters. The highest BCUT2D eigenvalue weighted by molar-refractivity contribution is 5.65. The lowest BCUT2D eigenvalue weighted by atomic mass is 10.0. The second kappa shape index (κ2) is 6.11. The zero-order chi connectivity index (χ0) is 18.2. The van der Waals surface area contributed by atoms with Crippen LogP contribution in [0.3, 0.4) is 0 Å². The maximum absolute atomic E-state index is 13.3. The second-order valence-electron chi connectivity index (χ2n) is 5.49. The van der Waals surface area contributed by atoms with Crippen molar-refractivity contribution in [2.75, 3.05) is 11.4 Å². The summed E-state index contributed by atoms with van der Waals surface area (Å²) in [6.45, 7) is -0.0210. The maximum atomic E-state index is 13.3. The summed E-state index contributed by atoms with van der Waals surface area (Å²) >= 11 is 0. The van der Waals surface area contributed by atoms with E-state index < -0.39 is 29.4 Å². The van der Waals surface area contributed by atoms with Crippen LogP contribution in [0.5, 0.6) is 0 Å². The number of anilines is 1. The lowest BCUT2D eigenvalue weighted by Crippen LogP contribution is -2.36. The number of nitrogens with zero attached hydrogens (tertiary/aromatic N) is 2. The van der Waals surface area contributed by atoms with Crippen LogP contribution in [-0.4, -0.2) is 27.9 Å². The predicted octanol–water partition coefficient (Wildman–Crippen LogP) is 2.12. The van der Waals surface area contributed by atoms with Gasteiger partial charge in [-0.2, -0.15) is 18.3 Å². The smallest absolute Gasteiger partial charge is 0.423 e. The van der Waals surface area contributed by atoms with Crippen LogP contribution in [0.4, 0.5) is 23.7 Å². The molecule has 1 atom stereocenters. The third-order valence-electron chi connectivity index (χ3n) is 4.01. The van der Waals surface area contributed by atoms with Gasteiger partial charge in [0.25, 0.3) is 5.56 Å². The van der Waals surface area contributed by atoms with E-state index in [2.05, 4.69) is 10.4 Å². The van der Waals surface area contributed by atoms with E-state index in [9.17, 15) is 22.8 Å². The number of hydrogen-bond donors (Lipinski definition) is 3. The number of H-pyrrole nitrogens is 1. The van der Waals surface area contributed by atoms with E-state index in [1.54, 1.807) is 29.4 Å². The summed E-state index contributed by atoms with van der Waals surface area (Å²) in [7, 11) is 0. The molecule has 2 heterocycles. The first kappa shape index (κ1) is 16.8. The average Bonchev–Trinajstić information content (AvgIpc) is 2.90. The van der Waals surface area contributed by atoms with Crippen molar-refractivity contribution in [1.82, 2.24) is 15.5 Å². The fourth-order valence-corrected chi connectivity index (χ4v) is 3.00. The Bertz CT molecular complexity index is 866. The third-order valence-corrected chi connectivity index (χ3v) is 4.01. The zero-order valence-electron chi connectivity index (χ0n) is 12.7. The number of fused-ring (bicyclic) bond motifs is 1. The molecular formula is C15H13F3N4O3. The Morgan fingerprint density at radius 1 is 1.40 bits per heavy atom. The van der Waals surface area contributed by atoms with Crippen molar-refractivity contribution in [1.29, 1.82) is 0 Å². The molecule has 7 nitrogen and oxygen atoms in total. The van der Waals surface area contributed by atoms with Crippen molar-refractivity contribution in [2.24, 2.45) is 0 Å². The molecule has 0 saturated heterocycles. The lowest BCUT2D eigenvalue weighted by molar-refractivity contribution is -0.138. The van der Waals surface area contributed by atoms with E-state index in [1.165, 1.54) is 4.90 Å². The second-order valence-corrected chi connectivity index (χ2v) is 5.49. The largest absolute Gasteiger partial charge is 0.465 e. The molecule has 0 saturated carbocycles. The third kappa shape index (κ3) is 3.14. The van der Waals surface area contributed by atoms with Crippen LogP contribution in [-0.2, 0) is 12.7 Å². The molecule has 1 amide bonds. The molecule has 0 radical (unpaired) electrons. The summed E-state index contributed by atoms with van der Waals surface area (Å²) < 4.78 is 40.0. The number of amides is 1. The van der Waals surface area contributed by atoms with E-state index in [4.69, 9.17) is 5.11 Å². The topological polar surface area (TPSA) is 98.3 Å². The molecule has 1 aliphatic rings. The number of aromatic nitrogens is 2. The van der Waals surface area contributed by atoms with Crippen molar-refractivity contribution in [2.45, 2.75) is 18.8 Å². The zero-order valence-corrected chi connectivity index (χ0v) is 12.7. The van der Waals surface area contributed by atoms with Crippen LogP contribution in [0, 0.1) is 0 Å². The van der Waals surface area contributed by atoms with Crippen LogP contribution in [0.25, 0.3) is 0 Å². The van der Waals surface area contributed by atoms with Crippen LogP contribution in [0.1, 0.15) is 22.7 Å². The van der Waals surface area contributed by atoms with Crippen molar-refractivity contribution < 1.29 is 23.1 Å². The summed E-state index contributed by atoms with van der Waals surface area (Å²) in [5, 5.41) is 16.3. The molecule has 3 rings (SSSR count). The fourth-order valence-electron chi connectivity index (χ4n) is 3.00. The fraction of sp³-hybridized carbons (Fsp3) is 0.267.